The Hall–Kier alpha value is -3.01. The Morgan fingerprint density at radius 1 is 0.955 bits per heavy atom. The quantitative estimate of drug-likeness (QED) is 0.893. The zero-order valence-electron chi connectivity index (χ0n) is 11.8. The number of phenolic OH excluding ortho intramolecular Hbond substituents is 1. The molecule has 2 heterocycles. The number of hydrazine groups is 1. The molecule has 22 heavy (non-hydrogen) atoms. The van der Waals surface area contributed by atoms with Crippen molar-refractivity contribution in [1.29, 1.82) is 0 Å². The van der Waals surface area contributed by atoms with Gasteiger partial charge in [-0.1, -0.05) is 42.5 Å². The molecule has 0 aliphatic carbocycles. The number of nitrogens with one attached hydrogen (secondary N) is 1. The number of aromatic hydroxyl groups is 1. The fourth-order valence-corrected chi connectivity index (χ4v) is 2.81. The Morgan fingerprint density at radius 3 is 2.50 bits per heavy atom. The second kappa shape index (κ2) is 5.07. The van der Waals surface area contributed by atoms with Crippen molar-refractivity contribution in [3.8, 4) is 5.75 Å². The van der Waals surface area contributed by atoms with Gasteiger partial charge in [-0.15, -0.1) is 0 Å². The zero-order chi connectivity index (χ0) is 14.9. The summed E-state index contributed by atoms with van der Waals surface area (Å²) in [6, 6.07) is 17.5. The van der Waals surface area contributed by atoms with Gasteiger partial charge in [0.05, 0.1) is 5.70 Å². The van der Waals surface area contributed by atoms with E-state index in [2.05, 4.69) is 22.6 Å². The lowest BCUT2D eigenvalue weighted by molar-refractivity contribution is 0.305. The average molecular weight is 289 g/mol. The molecule has 2 aromatic rings. The van der Waals surface area contributed by atoms with Crippen LogP contribution in [0.2, 0.25) is 0 Å². The number of fused-ring (bicyclic) bond motifs is 1. The molecule has 2 aliphatic rings. The van der Waals surface area contributed by atoms with Gasteiger partial charge in [0.25, 0.3) is 0 Å². The van der Waals surface area contributed by atoms with Crippen LogP contribution in [-0.2, 0) is 0 Å². The molecule has 2 aliphatic heterocycles. The molecule has 4 heteroatoms. The molecule has 1 unspecified atom stereocenters. The first kappa shape index (κ1) is 12.7. The number of allylic oxidation sites excluding steroid dienone is 1. The topological polar surface area (TPSA) is 47.9 Å². The van der Waals surface area contributed by atoms with Crippen LogP contribution in [0.15, 0.2) is 71.9 Å². The third-order valence-corrected chi connectivity index (χ3v) is 3.83. The van der Waals surface area contributed by atoms with E-state index in [1.54, 1.807) is 12.1 Å². The molecule has 1 atom stereocenters. The average Bonchev–Trinajstić information content (AvgIpc) is 2.96. The van der Waals surface area contributed by atoms with Gasteiger partial charge >= 0.3 is 0 Å². The van der Waals surface area contributed by atoms with Gasteiger partial charge in [-0.25, -0.2) is 0 Å². The van der Waals surface area contributed by atoms with Crippen molar-refractivity contribution in [2.75, 3.05) is 0 Å². The molecule has 0 saturated heterocycles. The number of phenols is 1. The summed E-state index contributed by atoms with van der Waals surface area (Å²) < 4.78 is 0. The van der Waals surface area contributed by atoms with Crippen LogP contribution in [0.5, 0.6) is 5.75 Å². The van der Waals surface area contributed by atoms with E-state index in [4.69, 9.17) is 0 Å². The highest BCUT2D eigenvalue weighted by atomic mass is 16.3. The Morgan fingerprint density at radius 2 is 1.73 bits per heavy atom. The normalized spacial score (nSPS) is 19.3. The molecule has 0 spiro atoms. The SMILES string of the molecule is Oc1ccc(C2=C(c3ccccc3)NN3C=CC=NC23)cc1. The van der Waals surface area contributed by atoms with Gasteiger partial charge < -0.3 is 5.11 Å². The number of aliphatic imine (C=N–C) groups is 1. The first-order valence-corrected chi connectivity index (χ1v) is 7.17. The Labute approximate surface area is 128 Å². The van der Waals surface area contributed by atoms with E-state index in [1.807, 2.05) is 53.8 Å². The lowest BCUT2D eigenvalue weighted by atomic mass is 9.98. The summed E-state index contributed by atoms with van der Waals surface area (Å²) in [5.41, 5.74) is 7.73. The predicted molar refractivity (Wildman–Crippen MR) is 87.8 cm³/mol. The molecule has 4 nitrogen and oxygen atoms in total. The lowest BCUT2D eigenvalue weighted by Crippen LogP contribution is -2.34. The van der Waals surface area contributed by atoms with Crippen LogP contribution in [0.4, 0.5) is 0 Å². The molecular weight excluding hydrogens is 274 g/mol. The van der Waals surface area contributed by atoms with Crippen LogP contribution in [0.3, 0.4) is 0 Å². The maximum Gasteiger partial charge on any atom is 0.167 e. The van der Waals surface area contributed by atoms with E-state index >= 15 is 0 Å². The van der Waals surface area contributed by atoms with Crippen LogP contribution >= 0.6 is 0 Å². The fourth-order valence-electron chi connectivity index (χ4n) is 2.81. The summed E-state index contributed by atoms with van der Waals surface area (Å²) >= 11 is 0. The number of benzene rings is 2. The number of hydrogen-bond acceptors (Lipinski definition) is 4. The van der Waals surface area contributed by atoms with Gasteiger partial charge in [-0.2, -0.15) is 0 Å². The highest BCUT2D eigenvalue weighted by Crippen LogP contribution is 2.36. The first-order chi connectivity index (χ1) is 10.8. The zero-order valence-corrected chi connectivity index (χ0v) is 11.8. The van der Waals surface area contributed by atoms with Crippen LogP contribution in [0, 0.1) is 0 Å². The Balaban J connectivity index is 1.88. The highest BCUT2D eigenvalue weighted by Gasteiger charge is 2.32. The maximum atomic E-state index is 9.53. The third-order valence-electron chi connectivity index (χ3n) is 3.83. The van der Waals surface area contributed by atoms with Crippen molar-refractivity contribution in [3.05, 3.63) is 78.0 Å². The van der Waals surface area contributed by atoms with E-state index in [0.29, 0.717) is 0 Å². The molecule has 4 rings (SSSR count). The van der Waals surface area contributed by atoms with Crippen molar-refractivity contribution < 1.29 is 5.11 Å². The summed E-state index contributed by atoms with van der Waals surface area (Å²) in [6.45, 7) is 0. The molecule has 0 bridgehead atoms. The number of rotatable bonds is 2. The summed E-state index contributed by atoms with van der Waals surface area (Å²) in [7, 11) is 0. The van der Waals surface area contributed by atoms with Crippen LogP contribution in [0.1, 0.15) is 11.1 Å². The van der Waals surface area contributed by atoms with Gasteiger partial charge in [-0.05, 0) is 29.3 Å². The monoisotopic (exact) mass is 289 g/mol. The second-order valence-corrected chi connectivity index (χ2v) is 5.23. The molecule has 2 N–H and O–H groups in total. The Bertz CT molecular complexity index is 776. The third kappa shape index (κ3) is 2.05. The molecule has 0 saturated carbocycles. The van der Waals surface area contributed by atoms with Crippen molar-refractivity contribution in [1.82, 2.24) is 10.4 Å². The van der Waals surface area contributed by atoms with Gasteiger partial charge in [0.15, 0.2) is 6.17 Å². The molecule has 0 fully saturated rings. The predicted octanol–water partition coefficient (Wildman–Crippen LogP) is 3.00. The van der Waals surface area contributed by atoms with Crippen molar-refractivity contribution in [2.24, 2.45) is 4.99 Å². The van der Waals surface area contributed by atoms with E-state index in [-0.39, 0.29) is 11.9 Å². The fraction of sp³-hybridized carbons (Fsp3) is 0.0556. The van der Waals surface area contributed by atoms with Crippen molar-refractivity contribution in [2.45, 2.75) is 6.17 Å². The minimum Gasteiger partial charge on any atom is -0.508 e. The summed E-state index contributed by atoms with van der Waals surface area (Å²) in [6.07, 6.45) is 5.61. The smallest absolute Gasteiger partial charge is 0.167 e. The van der Waals surface area contributed by atoms with Gasteiger partial charge in [-0.3, -0.25) is 15.4 Å². The largest absolute Gasteiger partial charge is 0.508 e. The molecule has 2 aromatic carbocycles. The van der Waals surface area contributed by atoms with E-state index < -0.39 is 0 Å². The van der Waals surface area contributed by atoms with Crippen LogP contribution < -0.4 is 5.43 Å². The van der Waals surface area contributed by atoms with Gasteiger partial charge in [0, 0.05) is 18.0 Å². The van der Waals surface area contributed by atoms with Crippen molar-refractivity contribution >= 4 is 17.5 Å². The van der Waals surface area contributed by atoms with E-state index in [9.17, 15) is 5.11 Å². The van der Waals surface area contributed by atoms with E-state index in [0.717, 1.165) is 22.4 Å². The molecular formula is C18H15N3O. The Kier molecular flexibility index (Phi) is 2.93. The van der Waals surface area contributed by atoms with Crippen LogP contribution in [-0.4, -0.2) is 22.5 Å². The van der Waals surface area contributed by atoms with Gasteiger partial charge in [0.1, 0.15) is 5.75 Å². The summed E-state index contributed by atoms with van der Waals surface area (Å²) in [5.74, 6) is 0.264. The molecule has 0 radical (unpaired) electrons. The van der Waals surface area contributed by atoms with E-state index in [1.165, 1.54) is 0 Å². The van der Waals surface area contributed by atoms with Crippen LogP contribution in [0.25, 0.3) is 11.3 Å². The summed E-state index contributed by atoms with van der Waals surface area (Å²) in [5, 5.41) is 11.5. The molecule has 108 valence electrons. The molecule has 0 amide bonds. The standard InChI is InChI=1S/C18H15N3O/c22-15-9-7-13(8-10-15)16-17(14-5-2-1-3-6-14)20-21-12-4-11-19-18(16)21/h1-12,18,20,22H. The number of hydrogen-bond donors (Lipinski definition) is 2. The molecule has 0 aromatic heterocycles. The maximum absolute atomic E-state index is 9.53. The van der Waals surface area contributed by atoms with Crippen molar-refractivity contribution in [3.63, 3.8) is 0 Å². The number of nitrogens with zero attached hydrogens (tertiary/aromatic N) is 2. The minimum atomic E-state index is -0.0928. The lowest BCUT2D eigenvalue weighted by Gasteiger charge is -2.23. The second-order valence-electron chi connectivity index (χ2n) is 5.23. The highest BCUT2D eigenvalue weighted by molar-refractivity contribution is 5.95. The first-order valence-electron chi connectivity index (χ1n) is 7.17. The van der Waals surface area contributed by atoms with Gasteiger partial charge in [0.2, 0.25) is 0 Å². The minimum absolute atomic E-state index is 0.0928. The summed E-state index contributed by atoms with van der Waals surface area (Å²) in [4.78, 5) is 4.58.